The van der Waals surface area contributed by atoms with Crippen molar-refractivity contribution in [2.24, 2.45) is 16.9 Å². The first-order chi connectivity index (χ1) is 6.36. The molecule has 68 valence electrons. The maximum Gasteiger partial charge on any atom is 0.0592 e. The lowest BCUT2D eigenvalue weighted by Crippen LogP contribution is -1.90. The molecule has 3 nitrogen and oxygen atoms in total. The van der Waals surface area contributed by atoms with Gasteiger partial charge in [-0.05, 0) is 30.4 Å². The van der Waals surface area contributed by atoms with Crippen LogP contribution in [-0.4, -0.2) is 11.2 Å². The summed E-state index contributed by atoms with van der Waals surface area (Å²) >= 11 is 0. The van der Waals surface area contributed by atoms with Crippen LogP contribution in [0.25, 0.3) is 0 Å². The summed E-state index contributed by atoms with van der Waals surface area (Å²) in [6.45, 7) is 2.24. The van der Waals surface area contributed by atoms with Crippen molar-refractivity contribution in [1.29, 1.82) is 0 Å². The molecule has 0 bridgehead atoms. The summed E-state index contributed by atoms with van der Waals surface area (Å²) in [5, 5.41) is 4.15. The number of pyridine rings is 1. The van der Waals surface area contributed by atoms with Gasteiger partial charge in [0.2, 0.25) is 0 Å². The third-order valence-corrected chi connectivity index (χ3v) is 2.31. The number of hydrazone groups is 1. The summed E-state index contributed by atoms with van der Waals surface area (Å²) in [5.41, 5.74) is 3.95. The van der Waals surface area contributed by atoms with Gasteiger partial charge in [-0.15, -0.1) is 0 Å². The van der Waals surface area contributed by atoms with Crippen molar-refractivity contribution in [3.8, 4) is 0 Å². The Morgan fingerprint density at radius 2 is 2.23 bits per heavy atom. The number of hydrogen-bond acceptors (Lipinski definition) is 3. The quantitative estimate of drug-likeness (QED) is 0.564. The van der Waals surface area contributed by atoms with E-state index in [9.17, 15) is 0 Å². The third-order valence-electron chi connectivity index (χ3n) is 2.31. The average molecular weight is 175 g/mol. The van der Waals surface area contributed by atoms with Crippen molar-refractivity contribution in [1.82, 2.24) is 4.98 Å². The molecule has 1 aromatic heterocycles. The van der Waals surface area contributed by atoms with Gasteiger partial charge >= 0.3 is 0 Å². The van der Waals surface area contributed by atoms with Crippen molar-refractivity contribution >= 4 is 11.9 Å². The Morgan fingerprint density at radius 1 is 1.54 bits per heavy atom. The minimum atomic E-state index is 0.689. The van der Waals surface area contributed by atoms with Gasteiger partial charge in [-0.3, -0.25) is 10.4 Å². The fourth-order valence-electron chi connectivity index (χ4n) is 1.19. The molecule has 0 radical (unpaired) electrons. The van der Waals surface area contributed by atoms with Crippen LogP contribution in [0.2, 0.25) is 0 Å². The number of rotatable bonds is 3. The van der Waals surface area contributed by atoms with Gasteiger partial charge in [0.25, 0.3) is 0 Å². The average Bonchev–Trinajstić information content (AvgIpc) is 2.84. The minimum Gasteiger partial charge on any atom is -0.279 e. The van der Waals surface area contributed by atoms with E-state index in [0.29, 0.717) is 5.92 Å². The zero-order chi connectivity index (χ0) is 9.10. The van der Waals surface area contributed by atoms with Crippen LogP contribution >= 0.6 is 0 Å². The fraction of sp³-hybridized carbons (Fsp3) is 0.400. The highest BCUT2D eigenvalue weighted by Crippen LogP contribution is 2.35. The van der Waals surface area contributed by atoms with E-state index in [-0.39, 0.29) is 0 Å². The van der Waals surface area contributed by atoms with Gasteiger partial charge in [-0.1, -0.05) is 6.92 Å². The van der Waals surface area contributed by atoms with Crippen molar-refractivity contribution in [3.05, 3.63) is 24.5 Å². The predicted molar refractivity (Wildman–Crippen MR) is 53.6 cm³/mol. The first-order valence-electron chi connectivity index (χ1n) is 4.55. The number of anilines is 1. The lowest BCUT2D eigenvalue weighted by atomic mass is 10.4. The molecule has 0 saturated heterocycles. The van der Waals surface area contributed by atoms with E-state index in [2.05, 4.69) is 22.4 Å². The molecule has 3 heteroatoms. The molecule has 2 unspecified atom stereocenters. The molecule has 1 N–H and O–H groups in total. The summed E-state index contributed by atoms with van der Waals surface area (Å²) in [7, 11) is 0. The maximum absolute atomic E-state index is 4.15. The molecule has 0 spiro atoms. The number of nitrogens with zero attached hydrogens (tertiary/aromatic N) is 2. The topological polar surface area (TPSA) is 37.3 Å². The van der Waals surface area contributed by atoms with Crippen LogP contribution in [0.3, 0.4) is 0 Å². The van der Waals surface area contributed by atoms with Gasteiger partial charge in [0.1, 0.15) is 0 Å². The Balaban J connectivity index is 1.83. The maximum atomic E-state index is 4.15. The van der Waals surface area contributed by atoms with Gasteiger partial charge in [-0.25, -0.2) is 0 Å². The van der Waals surface area contributed by atoms with Crippen LogP contribution in [0.4, 0.5) is 5.69 Å². The number of nitrogens with one attached hydrogen (secondary N) is 1. The molecular formula is C10H13N3. The first-order valence-corrected chi connectivity index (χ1v) is 4.55. The summed E-state index contributed by atoms with van der Waals surface area (Å²) in [5.74, 6) is 1.51. The zero-order valence-electron chi connectivity index (χ0n) is 7.64. The van der Waals surface area contributed by atoms with Crippen molar-refractivity contribution in [2.75, 3.05) is 5.43 Å². The summed E-state index contributed by atoms with van der Waals surface area (Å²) < 4.78 is 0. The number of hydrogen-bond donors (Lipinski definition) is 1. The molecule has 0 amide bonds. The highest BCUT2D eigenvalue weighted by Gasteiger charge is 2.30. The summed E-state index contributed by atoms with van der Waals surface area (Å²) in [6.07, 6.45) is 6.77. The second-order valence-corrected chi connectivity index (χ2v) is 3.50. The van der Waals surface area contributed by atoms with E-state index in [4.69, 9.17) is 0 Å². The Kier molecular flexibility index (Phi) is 2.25. The molecular weight excluding hydrogens is 162 g/mol. The Hall–Kier alpha value is -1.38. The molecule has 1 aliphatic rings. The van der Waals surface area contributed by atoms with Gasteiger partial charge in [0.15, 0.2) is 0 Å². The molecule has 13 heavy (non-hydrogen) atoms. The molecule has 1 heterocycles. The van der Waals surface area contributed by atoms with Crippen LogP contribution in [0, 0.1) is 11.8 Å². The van der Waals surface area contributed by atoms with Gasteiger partial charge in [0, 0.05) is 18.6 Å². The normalized spacial score (nSPS) is 26.2. The monoisotopic (exact) mass is 175 g/mol. The van der Waals surface area contributed by atoms with Crippen LogP contribution in [0.15, 0.2) is 29.6 Å². The minimum absolute atomic E-state index is 0.689. The highest BCUT2D eigenvalue weighted by molar-refractivity contribution is 5.65. The molecule has 1 aliphatic carbocycles. The van der Waals surface area contributed by atoms with Gasteiger partial charge in [0.05, 0.1) is 5.69 Å². The molecule has 0 aliphatic heterocycles. The van der Waals surface area contributed by atoms with Gasteiger partial charge < -0.3 is 0 Å². The van der Waals surface area contributed by atoms with E-state index in [1.54, 1.807) is 12.4 Å². The highest BCUT2D eigenvalue weighted by atomic mass is 15.3. The van der Waals surface area contributed by atoms with Crippen molar-refractivity contribution in [2.45, 2.75) is 13.3 Å². The van der Waals surface area contributed by atoms with E-state index >= 15 is 0 Å². The molecule has 1 aromatic rings. The first kappa shape index (κ1) is 8.23. The SMILES string of the molecule is CC1CC1/C=N/Nc1ccncc1. The van der Waals surface area contributed by atoms with Crippen LogP contribution in [-0.2, 0) is 0 Å². The number of aromatic nitrogens is 1. The third kappa shape index (κ3) is 2.28. The molecule has 2 atom stereocenters. The zero-order valence-corrected chi connectivity index (χ0v) is 7.64. The largest absolute Gasteiger partial charge is 0.279 e. The van der Waals surface area contributed by atoms with Gasteiger partial charge in [-0.2, -0.15) is 5.10 Å². The standard InChI is InChI=1S/C10H13N3/c1-8-6-9(8)7-12-13-10-2-4-11-5-3-10/h2-5,7-9H,6H2,1H3,(H,11,13)/b12-7+. The smallest absolute Gasteiger partial charge is 0.0592 e. The molecule has 2 rings (SSSR count). The second kappa shape index (κ2) is 3.56. The lowest BCUT2D eigenvalue weighted by Gasteiger charge is -1.96. The van der Waals surface area contributed by atoms with E-state index in [1.165, 1.54) is 6.42 Å². The van der Waals surface area contributed by atoms with Crippen LogP contribution < -0.4 is 5.43 Å². The van der Waals surface area contributed by atoms with E-state index in [1.807, 2.05) is 18.3 Å². The fourth-order valence-corrected chi connectivity index (χ4v) is 1.19. The van der Waals surface area contributed by atoms with E-state index < -0.39 is 0 Å². The predicted octanol–water partition coefficient (Wildman–Crippen LogP) is 2.14. The Labute approximate surface area is 77.9 Å². The summed E-state index contributed by atoms with van der Waals surface area (Å²) in [4.78, 5) is 3.92. The lowest BCUT2D eigenvalue weighted by molar-refractivity contribution is 0.933. The van der Waals surface area contributed by atoms with Crippen LogP contribution in [0.1, 0.15) is 13.3 Å². The molecule has 0 aromatic carbocycles. The van der Waals surface area contributed by atoms with E-state index in [0.717, 1.165) is 11.6 Å². The van der Waals surface area contributed by atoms with Crippen molar-refractivity contribution in [3.63, 3.8) is 0 Å². The van der Waals surface area contributed by atoms with Crippen molar-refractivity contribution < 1.29 is 0 Å². The summed E-state index contributed by atoms with van der Waals surface area (Å²) in [6, 6.07) is 3.79. The Bertz CT molecular complexity index is 294. The van der Waals surface area contributed by atoms with Crippen LogP contribution in [0.5, 0.6) is 0 Å². The molecule has 1 fully saturated rings. The second-order valence-electron chi connectivity index (χ2n) is 3.50. The Morgan fingerprint density at radius 3 is 2.85 bits per heavy atom. The molecule has 1 saturated carbocycles.